The molecule has 3 rings (SSSR count). The van der Waals surface area contributed by atoms with Crippen molar-refractivity contribution >= 4 is 17.7 Å². The number of carbonyl (C=O) groups excluding carboxylic acids is 1. The number of amides is 1. The van der Waals surface area contributed by atoms with Crippen molar-refractivity contribution in [1.82, 2.24) is 20.1 Å². The van der Waals surface area contributed by atoms with Gasteiger partial charge in [-0.2, -0.15) is 16.9 Å². The summed E-state index contributed by atoms with van der Waals surface area (Å²) in [5.41, 5.74) is 0.821. The third-order valence-electron chi connectivity index (χ3n) is 3.47. The molecule has 23 heavy (non-hydrogen) atoms. The van der Waals surface area contributed by atoms with E-state index in [1.807, 2.05) is 24.5 Å². The first-order valence-corrected chi connectivity index (χ1v) is 8.64. The minimum Gasteiger partial charge on any atom is -0.454 e. The molecule has 1 aromatic heterocycles. The maximum Gasteiger partial charge on any atom is 0.231 e. The zero-order chi connectivity index (χ0) is 16.2. The van der Waals surface area contributed by atoms with E-state index in [0.29, 0.717) is 11.6 Å². The van der Waals surface area contributed by atoms with Gasteiger partial charge in [0.25, 0.3) is 0 Å². The molecule has 0 saturated carbocycles. The zero-order valence-corrected chi connectivity index (χ0v) is 13.8. The summed E-state index contributed by atoms with van der Waals surface area (Å²) in [6, 6.07) is 5.41. The Bertz CT molecular complexity index is 704. The van der Waals surface area contributed by atoms with Crippen LogP contribution in [-0.4, -0.2) is 39.5 Å². The Morgan fingerprint density at radius 1 is 1.43 bits per heavy atom. The molecule has 0 bridgehead atoms. The predicted molar refractivity (Wildman–Crippen MR) is 87.0 cm³/mol. The van der Waals surface area contributed by atoms with Crippen molar-refractivity contribution in [3.63, 3.8) is 0 Å². The third-order valence-corrected chi connectivity index (χ3v) is 4.12. The van der Waals surface area contributed by atoms with Crippen molar-refractivity contribution < 1.29 is 14.3 Å². The van der Waals surface area contributed by atoms with Crippen LogP contribution in [0.3, 0.4) is 0 Å². The number of carbonyl (C=O) groups is 1. The molecule has 2 aromatic rings. The quantitative estimate of drug-likeness (QED) is 0.870. The van der Waals surface area contributed by atoms with Crippen molar-refractivity contribution in [2.45, 2.75) is 19.4 Å². The number of thioether (sulfide) groups is 1. The smallest absolute Gasteiger partial charge is 0.231 e. The minimum absolute atomic E-state index is 0.0867. The standard InChI is InChI=1S/C15H18N4O3S/c1-10(20)18-12(5-6-23-2)15-16-8-17-19(15)11-3-4-13-14(7-11)22-9-21-13/h3-4,7-8,12H,5-6,9H2,1-2H3,(H,18,20)/t12-/m0/s1. The van der Waals surface area contributed by atoms with Gasteiger partial charge in [0.15, 0.2) is 17.3 Å². The number of fused-ring (bicyclic) bond motifs is 1. The van der Waals surface area contributed by atoms with Gasteiger partial charge in [0.2, 0.25) is 12.7 Å². The Morgan fingerprint density at radius 3 is 3.04 bits per heavy atom. The molecule has 0 spiro atoms. The van der Waals surface area contributed by atoms with Crippen LogP contribution in [-0.2, 0) is 4.79 Å². The Labute approximate surface area is 138 Å². The van der Waals surface area contributed by atoms with Crippen LogP contribution < -0.4 is 14.8 Å². The maximum atomic E-state index is 11.5. The molecule has 7 nitrogen and oxygen atoms in total. The van der Waals surface area contributed by atoms with E-state index in [9.17, 15) is 4.79 Å². The fourth-order valence-electron chi connectivity index (χ4n) is 2.45. The van der Waals surface area contributed by atoms with E-state index >= 15 is 0 Å². The monoisotopic (exact) mass is 334 g/mol. The summed E-state index contributed by atoms with van der Waals surface area (Å²) < 4.78 is 12.5. The van der Waals surface area contributed by atoms with Gasteiger partial charge >= 0.3 is 0 Å². The largest absolute Gasteiger partial charge is 0.454 e. The average Bonchev–Trinajstić information content (AvgIpc) is 3.18. The van der Waals surface area contributed by atoms with E-state index in [4.69, 9.17) is 9.47 Å². The van der Waals surface area contributed by atoms with Crippen molar-refractivity contribution in [3.05, 3.63) is 30.4 Å². The Balaban J connectivity index is 1.92. The molecular formula is C15H18N4O3S. The van der Waals surface area contributed by atoms with Gasteiger partial charge < -0.3 is 14.8 Å². The molecule has 0 fully saturated rings. The molecule has 0 aliphatic carbocycles. The molecule has 8 heteroatoms. The van der Waals surface area contributed by atoms with Gasteiger partial charge in [0.1, 0.15) is 6.33 Å². The van der Waals surface area contributed by atoms with E-state index in [1.54, 1.807) is 16.4 Å². The highest BCUT2D eigenvalue weighted by molar-refractivity contribution is 7.98. The van der Waals surface area contributed by atoms with Gasteiger partial charge in [-0.1, -0.05) is 0 Å². The molecular weight excluding hydrogens is 316 g/mol. The van der Waals surface area contributed by atoms with Gasteiger partial charge in [-0.05, 0) is 30.6 Å². The second-order valence-electron chi connectivity index (χ2n) is 5.10. The Morgan fingerprint density at radius 2 is 2.26 bits per heavy atom. The van der Waals surface area contributed by atoms with Crippen LogP contribution >= 0.6 is 11.8 Å². The van der Waals surface area contributed by atoms with Gasteiger partial charge in [0.05, 0.1) is 11.7 Å². The lowest BCUT2D eigenvalue weighted by atomic mass is 10.2. The molecule has 0 saturated heterocycles. The average molecular weight is 334 g/mol. The fraction of sp³-hybridized carbons (Fsp3) is 0.400. The highest BCUT2D eigenvalue weighted by Gasteiger charge is 2.21. The summed E-state index contributed by atoms with van der Waals surface area (Å²) >= 11 is 1.73. The van der Waals surface area contributed by atoms with Crippen molar-refractivity contribution in [3.8, 4) is 17.2 Å². The first-order valence-electron chi connectivity index (χ1n) is 7.25. The van der Waals surface area contributed by atoms with Gasteiger partial charge in [-0.15, -0.1) is 0 Å². The Kier molecular flexibility index (Phi) is 4.71. The molecule has 1 N–H and O–H groups in total. The third kappa shape index (κ3) is 3.42. The normalized spacial score (nSPS) is 13.8. The second-order valence-corrected chi connectivity index (χ2v) is 6.09. The molecule has 1 aromatic carbocycles. The molecule has 0 unspecified atom stereocenters. The van der Waals surface area contributed by atoms with Crippen LogP contribution in [0.15, 0.2) is 24.5 Å². The summed E-state index contributed by atoms with van der Waals surface area (Å²) in [6.45, 7) is 1.73. The van der Waals surface area contributed by atoms with Gasteiger partial charge in [-0.25, -0.2) is 9.67 Å². The van der Waals surface area contributed by atoms with E-state index in [-0.39, 0.29) is 18.7 Å². The molecule has 1 aliphatic heterocycles. The highest BCUT2D eigenvalue weighted by Crippen LogP contribution is 2.34. The van der Waals surface area contributed by atoms with Crippen LogP contribution in [0, 0.1) is 0 Å². The summed E-state index contributed by atoms with van der Waals surface area (Å²) in [4.78, 5) is 15.9. The Hall–Kier alpha value is -2.22. The summed E-state index contributed by atoms with van der Waals surface area (Å²) in [5, 5.41) is 7.25. The van der Waals surface area contributed by atoms with E-state index in [1.165, 1.54) is 13.3 Å². The van der Waals surface area contributed by atoms with Crippen LogP contribution in [0.25, 0.3) is 5.69 Å². The number of hydrogen-bond donors (Lipinski definition) is 1. The van der Waals surface area contributed by atoms with E-state index in [0.717, 1.165) is 23.6 Å². The number of hydrogen-bond acceptors (Lipinski definition) is 6. The number of aromatic nitrogens is 3. The highest BCUT2D eigenvalue weighted by atomic mass is 32.2. The number of nitrogens with zero attached hydrogens (tertiary/aromatic N) is 3. The number of rotatable bonds is 6. The SMILES string of the molecule is CSCC[C@H](NC(C)=O)c1ncnn1-c1ccc2c(c1)OCO2. The first-order chi connectivity index (χ1) is 11.2. The van der Waals surface area contributed by atoms with Crippen molar-refractivity contribution in [2.75, 3.05) is 18.8 Å². The van der Waals surface area contributed by atoms with Crippen molar-refractivity contribution in [2.24, 2.45) is 0 Å². The van der Waals surface area contributed by atoms with Crippen LogP contribution in [0.2, 0.25) is 0 Å². The van der Waals surface area contributed by atoms with Gasteiger partial charge in [-0.3, -0.25) is 4.79 Å². The van der Waals surface area contributed by atoms with Crippen molar-refractivity contribution in [1.29, 1.82) is 0 Å². The van der Waals surface area contributed by atoms with Crippen LogP contribution in [0.1, 0.15) is 25.2 Å². The molecule has 1 aliphatic rings. The lowest BCUT2D eigenvalue weighted by Gasteiger charge is -2.17. The number of nitrogens with one attached hydrogen (secondary N) is 1. The summed E-state index contributed by atoms with van der Waals surface area (Å²) in [7, 11) is 0. The van der Waals surface area contributed by atoms with E-state index < -0.39 is 0 Å². The predicted octanol–water partition coefficient (Wildman–Crippen LogP) is 1.93. The number of benzene rings is 1. The van der Waals surface area contributed by atoms with Crippen LogP contribution in [0.5, 0.6) is 11.5 Å². The lowest BCUT2D eigenvalue weighted by Crippen LogP contribution is -2.29. The maximum absolute atomic E-state index is 11.5. The minimum atomic E-state index is -0.187. The second kappa shape index (κ2) is 6.91. The zero-order valence-electron chi connectivity index (χ0n) is 13.0. The summed E-state index contributed by atoms with van der Waals surface area (Å²) in [6.07, 6.45) is 4.31. The topological polar surface area (TPSA) is 78.3 Å². The molecule has 0 radical (unpaired) electrons. The molecule has 122 valence electrons. The molecule has 2 heterocycles. The van der Waals surface area contributed by atoms with Crippen LogP contribution in [0.4, 0.5) is 0 Å². The van der Waals surface area contributed by atoms with E-state index in [2.05, 4.69) is 15.4 Å². The fourth-order valence-corrected chi connectivity index (χ4v) is 2.92. The molecule has 1 atom stereocenters. The molecule has 1 amide bonds. The first kappa shape index (κ1) is 15.7. The van der Waals surface area contributed by atoms with Gasteiger partial charge in [0, 0.05) is 13.0 Å². The summed E-state index contributed by atoms with van der Waals surface area (Å²) in [5.74, 6) is 2.93. The number of ether oxygens (including phenoxy) is 2. The lowest BCUT2D eigenvalue weighted by molar-refractivity contribution is -0.119.